The lowest BCUT2D eigenvalue weighted by atomic mass is 10.2. The molecule has 0 radical (unpaired) electrons. The molecule has 0 N–H and O–H groups in total. The molecule has 2 aliphatic rings. The maximum absolute atomic E-state index is 12.9. The van der Waals surface area contributed by atoms with Gasteiger partial charge in [0.1, 0.15) is 0 Å². The monoisotopic (exact) mass is 326 g/mol. The number of fused-ring (bicyclic) bond motifs is 1. The van der Waals surface area contributed by atoms with Gasteiger partial charge in [0.15, 0.2) is 0 Å². The van der Waals surface area contributed by atoms with Crippen molar-refractivity contribution in [3.8, 4) is 0 Å². The average Bonchev–Trinajstić information content (AvgIpc) is 3.34. The normalized spacial score (nSPS) is 20.5. The van der Waals surface area contributed by atoms with E-state index in [-0.39, 0.29) is 12.0 Å². The highest BCUT2D eigenvalue weighted by molar-refractivity contribution is 5.94. The van der Waals surface area contributed by atoms with Gasteiger partial charge < -0.3 is 9.64 Å². The molecule has 1 amide bonds. The molecule has 0 spiro atoms. The molecule has 24 heavy (non-hydrogen) atoms. The number of ether oxygens (including phenoxy) is 1. The van der Waals surface area contributed by atoms with Crippen LogP contribution >= 0.6 is 0 Å². The van der Waals surface area contributed by atoms with Gasteiger partial charge in [-0.25, -0.2) is 0 Å². The Kier molecular flexibility index (Phi) is 4.06. The Morgan fingerprint density at radius 2 is 2.21 bits per heavy atom. The number of carbonyl (C=O) groups excluding carboxylic acids is 1. The van der Waals surface area contributed by atoms with Crippen LogP contribution in [0.5, 0.6) is 0 Å². The number of amides is 1. The Morgan fingerprint density at radius 3 is 3.00 bits per heavy atom. The first-order valence-electron chi connectivity index (χ1n) is 8.52. The Morgan fingerprint density at radius 1 is 1.33 bits per heavy atom. The van der Waals surface area contributed by atoms with Crippen LogP contribution in [0.3, 0.4) is 0 Å². The van der Waals surface area contributed by atoms with Crippen LogP contribution in [0.2, 0.25) is 0 Å². The molecule has 1 saturated carbocycles. The number of aryl methyl sites for hydroxylation is 1. The topological polar surface area (TPSA) is 60.2 Å². The standard InChI is InChI=1S/C18H22N4O2/c1-13-6-15(8-19-7-13)18(23)21-9-16-4-5-20-22(16)11-17(10-21)24-12-14-2-3-14/h4-8,14,17H,2-3,9-12H2,1H3/t17-/m1/s1. The van der Waals surface area contributed by atoms with Gasteiger partial charge in [-0.2, -0.15) is 5.10 Å². The van der Waals surface area contributed by atoms with Gasteiger partial charge in [0, 0.05) is 31.7 Å². The van der Waals surface area contributed by atoms with Crippen LogP contribution in [0.15, 0.2) is 30.7 Å². The Labute approximate surface area is 141 Å². The van der Waals surface area contributed by atoms with Crippen LogP contribution < -0.4 is 0 Å². The zero-order chi connectivity index (χ0) is 16.5. The van der Waals surface area contributed by atoms with Crippen LogP contribution in [-0.2, 0) is 17.8 Å². The number of rotatable bonds is 4. The second-order valence-electron chi connectivity index (χ2n) is 6.84. The maximum atomic E-state index is 12.9. The molecule has 1 aliphatic heterocycles. The summed E-state index contributed by atoms with van der Waals surface area (Å²) < 4.78 is 8.04. The van der Waals surface area contributed by atoms with Gasteiger partial charge in [0.2, 0.25) is 0 Å². The fourth-order valence-corrected chi connectivity index (χ4v) is 3.09. The van der Waals surface area contributed by atoms with Gasteiger partial charge in [-0.05, 0) is 43.4 Å². The SMILES string of the molecule is Cc1cncc(C(=O)N2Cc3ccnn3C[C@H](OCC3CC3)C2)c1. The van der Waals surface area contributed by atoms with Crippen molar-refractivity contribution in [2.45, 2.75) is 39.0 Å². The van der Waals surface area contributed by atoms with E-state index in [4.69, 9.17) is 4.74 Å². The lowest BCUT2D eigenvalue weighted by Crippen LogP contribution is -2.37. The Bertz CT molecular complexity index is 738. The van der Waals surface area contributed by atoms with Crippen LogP contribution in [0.4, 0.5) is 0 Å². The van der Waals surface area contributed by atoms with Crippen molar-refractivity contribution < 1.29 is 9.53 Å². The minimum Gasteiger partial charge on any atom is -0.374 e. The number of hydrogen-bond acceptors (Lipinski definition) is 4. The first-order chi connectivity index (χ1) is 11.7. The molecule has 6 heteroatoms. The van der Waals surface area contributed by atoms with Crippen molar-refractivity contribution in [1.82, 2.24) is 19.7 Å². The van der Waals surface area contributed by atoms with E-state index in [1.807, 2.05) is 28.6 Å². The number of aromatic nitrogens is 3. The molecule has 4 rings (SSSR count). The van der Waals surface area contributed by atoms with Crippen LogP contribution in [-0.4, -0.2) is 44.8 Å². The van der Waals surface area contributed by atoms with E-state index in [0.29, 0.717) is 31.1 Å². The predicted octanol–water partition coefficient (Wildman–Crippen LogP) is 2.04. The van der Waals surface area contributed by atoms with Gasteiger partial charge in [-0.1, -0.05) is 0 Å². The molecule has 0 unspecified atom stereocenters. The number of carbonyl (C=O) groups is 1. The van der Waals surface area contributed by atoms with Crippen molar-refractivity contribution in [2.24, 2.45) is 5.92 Å². The first-order valence-corrected chi connectivity index (χ1v) is 8.52. The number of nitrogens with zero attached hydrogens (tertiary/aromatic N) is 4. The van der Waals surface area contributed by atoms with E-state index in [9.17, 15) is 4.79 Å². The summed E-state index contributed by atoms with van der Waals surface area (Å²) in [6.45, 7) is 4.57. The summed E-state index contributed by atoms with van der Waals surface area (Å²) in [7, 11) is 0. The third-order valence-corrected chi connectivity index (χ3v) is 4.63. The van der Waals surface area contributed by atoms with Crippen molar-refractivity contribution in [2.75, 3.05) is 13.2 Å². The van der Waals surface area contributed by atoms with E-state index in [2.05, 4.69) is 10.1 Å². The molecule has 126 valence electrons. The quantitative estimate of drug-likeness (QED) is 0.863. The molecule has 2 aromatic heterocycles. The van der Waals surface area contributed by atoms with E-state index >= 15 is 0 Å². The van der Waals surface area contributed by atoms with Crippen LogP contribution in [0.25, 0.3) is 0 Å². The Hall–Kier alpha value is -2.21. The van der Waals surface area contributed by atoms with Gasteiger partial charge in [0.25, 0.3) is 5.91 Å². The second kappa shape index (κ2) is 6.36. The molecular formula is C18H22N4O2. The molecule has 3 heterocycles. The smallest absolute Gasteiger partial charge is 0.255 e. The molecule has 1 fully saturated rings. The summed E-state index contributed by atoms with van der Waals surface area (Å²) in [4.78, 5) is 18.9. The molecular weight excluding hydrogens is 304 g/mol. The maximum Gasteiger partial charge on any atom is 0.255 e. The minimum atomic E-state index is -0.0199. The number of hydrogen-bond donors (Lipinski definition) is 0. The molecule has 0 bridgehead atoms. The summed E-state index contributed by atoms with van der Waals surface area (Å²) in [6.07, 6.45) is 7.69. The third-order valence-electron chi connectivity index (χ3n) is 4.63. The van der Waals surface area contributed by atoms with Crippen molar-refractivity contribution in [3.05, 3.63) is 47.5 Å². The van der Waals surface area contributed by atoms with Crippen molar-refractivity contribution in [3.63, 3.8) is 0 Å². The van der Waals surface area contributed by atoms with E-state index in [1.165, 1.54) is 12.8 Å². The first kappa shape index (κ1) is 15.3. The van der Waals surface area contributed by atoms with Crippen LogP contribution in [0.1, 0.15) is 34.5 Å². The summed E-state index contributed by atoms with van der Waals surface area (Å²) in [5.41, 5.74) is 2.66. The highest BCUT2D eigenvalue weighted by Crippen LogP contribution is 2.29. The number of pyridine rings is 1. The molecule has 0 saturated heterocycles. The van der Waals surface area contributed by atoms with Gasteiger partial charge in [-0.15, -0.1) is 0 Å². The lowest BCUT2D eigenvalue weighted by Gasteiger charge is -2.24. The predicted molar refractivity (Wildman–Crippen MR) is 88.4 cm³/mol. The third kappa shape index (κ3) is 3.33. The van der Waals surface area contributed by atoms with Crippen molar-refractivity contribution >= 4 is 5.91 Å². The largest absolute Gasteiger partial charge is 0.374 e. The van der Waals surface area contributed by atoms with Crippen molar-refractivity contribution in [1.29, 1.82) is 0 Å². The van der Waals surface area contributed by atoms with Gasteiger partial charge in [-0.3, -0.25) is 14.5 Å². The van der Waals surface area contributed by atoms with Crippen LogP contribution in [0, 0.1) is 12.8 Å². The summed E-state index contributed by atoms with van der Waals surface area (Å²) in [5, 5.41) is 4.38. The van der Waals surface area contributed by atoms with Gasteiger partial charge >= 0.3 is 0 Å². The second-order valence-corrected chi connectivity index (χ2v) is 6.84. The molecule has 1 aliphatic carbocycles. The average molecular weight is 326 g/mol. The molecule has 2 aromatic rings. The zero-order valence-corrected chi connectivity index (χ0v) is 13.9. The molecule has 1 atom stereocenters. The van der Waals surface area contributed by atoms with E-state index in [0.717, 1.165) is 17.9 Å². The molecule has 6 nitrogen and oxygen atoms in total. The summed E-state index contributed by atoms with van der Waals surface area (Å²) in [5.74, 6) is 0.705. The van der Waals surface area contributed by atoms with Gasteiger partial charge in [0.05, 0.1) is 30.5 Å². The highest BCUT2D eigenvalue weighted by atomic mass is 16.5. The highest BCUT2D eigenvalue weighted by Gasteiger charge is 2.29. The summed E-state index contributed by atoms with van der Waals surface area (Å²) in [6, 6.07) is 3.86. The zero-order valence-electron chi connectivity index (χ0n) is 13.9. The van der Waals surface area contributed by atoms with E-state index < -0.39 is 0 Å². The lowest BCUT2D eigenvalue weighted by molar-refractivity contribution is 0.0136. The Balaban J connectivity index is 1.55. The minimum absolute atomic E-state index is 0.000807. The fraction of sp³-hybridized carbons (Fsp3) is 0.500. The molecule has 0 aromatic carbocycles. The fourth-order valence-electron chi connectivity index (χ4n) is 3.09. The summed E-state index contributed by atoms with van der Waals surface area (Å²) >= 11 is 0. The van der Waals surface area contributed by atoms with E-state index in [1.54, 1.807) is 18.6 Å².